The number of ether oxygens (including phenoxy) is 1. The average Bonchev–Trinajstić information content (AvgIpc) is 2.86. The van der Waals surface area contributed by atoms with E-state index in [0.717, 1.165) is 6.42 Å². The molecule has 0 aromatic carbocycles. The lowest BCUT2D eigenvalue weighted by atomic mass is 9.30. The zero-order valence-corrected chi connectivity index (χ0v) is 22.6. The standard InChI is InChI=1S/C30H50O3/c1-20-26(4)11-10-22-27(5,21(26)8-9-24(32)33-20)13-14-29(7)23-18-25(2,3)12-16-30(23,19-31)17-15-28(22,29)6/h20-23,31H,8-19H2,1-7H3/t20-,21-,22?,23?,26-,27+,28-,29+,30-/m1/s1. The molecule has 33 heavy (non-hydrogen) atoms. The van der Waals surface area contributed by atoms with Crippen molar-refractivity contribution in [1.29, 1.82) is 0 Å². The molecule has 1 saturated heterocycles. The van der Waals surface area contributed by atoms with E-state index in [4.69, 9.17) is 4.74 Å². The molecule has 9 atom stereocenters. The highest BCUT2D eigenvalue weighted by molar-refractivity contribution is 5.70. The minimum Gasteiger partial charge on any atom is -0.462 e. The molecule has 0 aromatic heterocycles. The van der Waals surface area contributed by atoms with Crippen LogP contribution in [0, 0.1) is 50.2 Å². The van der Waals surface area contributed by atoms with Crippen LogP contribution < -0.4 is 0 Å². The highest BCUT2D eigenvalue weighted by atomic mass is 16.5. The van der Waals surface area contributed by atoms with Gasteiger partial charge in [0.25, 0.3) is 0 Å². The highest BCUT2D eigenvalue weighted by Crippen LogP contribution is 2.77. The van der Waals surface area contributed by atoms with Gasteiger partial charge in [-0.2, -0.15) is 0 Å². The molecule has 3 nitrogen and oxygen atoms in total. The summed E-state index contributed by atoms with van der Waals surface area (Å²) in [6.45, 7) is 17.8. The molecule has 5 aliphatic rings. The molecular weight excluding hydrogens is 408 g/mol. The lowest BCUT2D eigenvalue weighted by molar-refractivity contribution is -0.262. The number of rotatable bonds is 1. The number of aliphatic hydroxyl groups excluding tert-OH is 1. The van der Waals surface area contributed by atoms with Crippen molar-refractivity contribution in [1.82, 2.24) is 0 Å². The Balaban J connectivity index is 1.56. The van der Waals surface area contributed by atoms with E-state index in [0.29, 0.717) is 41.6 Å². The summed E-state index contributed by atoms with van der Waals surface area (Å²) in [6.07, 6.45) is 12.8. The van der Waals surface area contributed by atoms with E-state index in [1.54, 1.807) is 0 Å². The number of carbonyl (C=O) groups excluding carboxylic acids is 1. The van der Waals surface area contributed by atoms with Crippen molar-refractivity contribution in [2.24, 2.45) is 50.2 Å². The van der Waals surface area contributed by atoms with E-state index in [-0.39, 0.29) is 33.7 Å². The van der Waals surface area contributed by atoms with Crippen LogP contribution in [0.2, 0.25) is 0 Å². The van der Waals surface area contributed by atoms with Gasteiger partial charge in [0.15, 0.2) is 0 Å². The summed E-state index contributed by atoms with van der Waals surface area (Å²) in [5, 5.41) is 10.7. The van der Waals surface area contributed by atoms with E-state index in [9.17, 15) is 9.90 Å². The second kappa shape index (κ2) is 7.23. The first-order valence-electron chi connectivity index (χ1n) is 14.1. The van der Waals surface area contributed by atoms with Crippen LogP contribution >= 0.6 is 0 Å². The minimum atomic E-state index is 0.0139. The summed E-state index contributed by atoms with van der Waals surface area (Å²) in [5.41, 5.74) is 1.47. The first-order chi connectivity index (χ1) is 15.3. The van der Waals surface area contributed by atoms with Gasteiger partial charge in [-0.3, -0.25) is 4.79 Å². The van der Waals surface area contributed by atoms with Crippen LogP contribution in [-0.2, 0) is 9.53 Å². The zero-order chi connectivity index (χ0) is 24.1. The summed E-state index contributed by atoms with van der Waals surface area (Å²) in [7, 11) is 0. The Hall–Kier alpha value is -0.570. The van der Waals surface area contributed by atoms with E-state index < -0.39 is 0 Å². The number of esters is 1. The van der Waals surface area contributed by atoms with Crippen molar-refractivity contribution in [3.8, 4) is 0 Å². The first kappa shape index (κ1) is 24.1. The van der Waals surface area contributed by atoms with E-state index >= 15 is 0 Å². The molecule has 1 N–H and O–H groups in total. The maximum absolute atomic E-state index is 12.4. The molecule has 0 aromatic rings. The Morgan fingerprint density at radius 2 is 1.42 bits per heavy atom. The fraction of sp³-hybridized carbons (Fsp3) is 0.967. The highest BCUT2D eigenvalue weighted by Gasteiger charge is 2.71. The van der Waals surface area contributed by atoms with Gasteiger partial charge in [-0.1, -0.05) is 41.5 Å². The topological polar surface area (TPSA) is 46.5 Å². The fourth-order valence-corrected chi connectivity index (χ4v) is 11.0. The van der Waals surface area contributed by atoms with Gasteiger partial charge < -0.3 is 9.84 Å². The number of aliphatic hydroxyl groups is 1. The third-order valence-corrected chi connectivity index (χ3v) is 13.5. The summed E-state index contributed by atoms with van der Waals surface area (Å²) >= 11 is 0. The molecule has 1 aliphatic heterocycles. The minimum absolute atomic E-state index is 0.0139. The van der Waals surface area contributed by atoms with Crippen LogP contribution in [0.5, 0.6) is 0 Å². The van der Waals surface area contributed by atoms with Crippen LogP contribution in [0.15, 0.2) is 0 Å². The second-order valence-corrected chi connectivity index (χ2v) is 15.1. The van der Waals surface area contributed by atoms with Crippen LogP contribution in [0.1, 0.15) is 119 Å². The van der Waals surface area contributed by atoms with Gasteiger partial charge in [0, 0.05) is 18.4 Å². The third-order valence-electron chi connectivity index (χ3n) is 13.5. The Morgan fingerprint density at radius 3 is 2.12 bits per heavy atom. The van der Waals surface area contributed by atoms with Gasteiger partial charge in [-0.15, -0.1) is 0 Å². The molecule has 4 aliphatic carbocycles. The molecule has 0 amide bonds. The van der Waals surface area contributed by atoms with Crippen molar-refractivity contribution in [3.63, 3.8) is 0 Å². The smallest absolute Gasteiger partial charge is 0.306 e. The maximum Gasteiger partial charge on any atom is 0.306 e. The zero-order valence-electron chi connectivity index (χ0n) is 22.6. The molecule has 2 unspecified atom stereocenters. The Kier molecular flexibility index (Phi) is 5.29. The van der Waals surface area contributed by atoms with Gasteiger partial charge in [0.05, 0.1) is 0 Å². The summed E-state index contributed by atoms with van der Waals surface area (Å²) in [6, 6.07) is 0. The van der Waals surface area contributed by atoms with E-state index in [1.807, 2.05) is 0 Å². The first-order valence-corrected chi connectivity index (χ1v) is 14.1. The van der Waals surface area contributed by atoms with Gasteiger partial charge in [-0.25, -0.2) is 0 Å². The van der Waals surface area contributed by atoms with Gasteiger partial charge in [0.2, 0.25) is 0 Å². The summed E-state index contributed by atoms with van der Waals surface area (Å²) in [5.74, 6) is 1.89. The monoisotopic (exact) mass is 458 g/mol. The van der Waals surface area contributed by atoms with Crippen molar-refractivity contribution >= 4 is 5.97 Å². The van der Waals surface area contributed by atoms with Crippen molar-refractivity contribution in [2.75, 3.05) is 6.61 Å². The van der Waals surface area contributed by atoms with E-state index in [2.05, 4.69) is 48.5 Å². The molecule has 5 rings (SSSR count). The van der Waals surface area contributed by atoms with Crippen molar-refractivity contribution < 1.29 is 14.6 Å². The lowest BCUT2D eigenvalue weighted by Crippen LogP contribution is -2.68. The normalized spacial score (nSPS) is 55.8. The average molecular weight is 459 g/mol. The Bertz CT molecular complexity index is 819. The SMILES string of the molecule is C[C@H]1OC(=O)CC[C@@H]2[C@]1(C)CCC1[C@@]2(C)CC[C@@]2(C)C3CC(C)(C)CC[C@]3(CO)CC[C@]12C. The lowest BCUT2D eigenvalue weighted by Gasteiger charge is -2.74. The predicted octanol–water partition coefficient (Wildman–Crippen LogP) is 7.16. The molecule has 4 saturated carbocycles. The molecule has 1 heterocycles. The number of hydrogen-bond donors (Lipinski definition) is 1. The van der Waals surface area contributed by atoms with Crippen LogP contribution in [0.25, 0.3) is 0 Å². The predicted molar refractivity (Wildman–Crippen MR) is 133 cm³/mol. The van der Waals surface area contributed by atoms with Crippen LogP contribution in [-0.4, -0.2) is 23.8 Å². The molecule has 0 bridgehead atoms. The van der Waals surface area contributed by atoms with Gasteiger partial charge in [0.1, 0.15) is 6.10 Å². The number of carbonyl (C=O) groups is 1. The second-order valence-electron chi connectivity index (χ2n) is 15.1. The van der Waals surface area contributed by atoms with Crippen LogP contribution in [0.4, 0.5) is 0 Å². The molecular formula is C30H50O3. The number of fused-ring (bicyclic) bond motifs is 7. The molecule has 3 heteroatoms. The third kappa shape index (κ3) is 3.05. The Labute approximate surface area is 202 Å². The summed E-state index contributed by atoms with van der Waals surface area (Å²) in [4.78, 5) is 12.4. The van der Waals surface area contributed by atoms with E-state index in [1.165, 1.54) is 57.8 Å². The molecule has 0 radical (unpaired) electrons. The fourth-order valence-electron chi connectivity index (χ4n) is 11.0. The molecule has 188 valence electrons. The maximum atomic E-state index is 12.4. The van der Waals surface area contributed by atoms with Gasteiger partial charge in [-0.05, 0) is 116 Å². The Morgan fingerprint density at radius 1 is 0.788 bits per heavy atom. The largest absolute Gasteiger partial charge is 0.462 e. The molecule has 0 spiro atoms. The van der Waals surface area contributed by atoms with Crippen LogP contribution in [0.3, 0.4) is 0 Å². The quantitative estimate of drug-likeness (QED) is 0.424. The van der Waals surface area contributed by atoms with Gasteiger partial charge >= 0.3 is 5.97 Å². The molecule has 5 fully saturated rings. The van der Waals surface area contributed by atoms with Crippen molar-refractivity contribution in [2.45, 2.75) is 125 Å². The number of cyclic esters (lactones) is 1. The number of hydrogen-bond acceptors (Lipinski definition) is 3. The van der Waals surface area contributed by atoms with Crippen molar-refractivity contribution in [3.05, 3.63) is 0 Å². The summed E-state index contributed by atoms with van der Waals surface area (Å²) < 4.78 is 5.91.